The van der Waals surface area contributed by atoms with Crippen molar-refractivity contribution in [2.24, 2.45) is 0 Å². The van der Waals surface area contributed by atoms with Crippen LogP contribution >= 0.6 is 11.6 Å². The fraction of sp³-hybridized carbons (Fsp3) is 0.0833. The van der Waals surface area contributed by atoms with Crippen LogP contribution in [0.1, 0.15) is 21.6 Å². The van der Waals surface area contributed by atoms with Crippen molar-refractivity contribution in [2.75, 3.05) is 0 Å². The van der Waals surface area contributed by atoms with Crippen LogP contribution < -0.4 is 0 Å². The zero-order valence-electron chi connectivity index (χ0n) is 8.85. The fourth-order valence-electron chi connectivity index (χ4n) is 1.52. The average molecular weight is 256 g/mol. The molecule has 0 amide bonds. The smallest absolute Gasteiger partial charge is 0.199 e. The Labute approximate surface area is 101 Å². The Kier molecular flexibility index (Phi) is 2.98. The highest BCUT2D eigenvalue weighted by molar-refractivity contribution is 6.35. The number of rotatable bonds is 2. The Balaban J connectivity index is 2.54. The highest BCUT2D eigenvalue weighted by Crippen LogP contribution is 2.25. The summed E-state index contributed by atoms with van der Waals surface area (Å²) in [6, 6.07) is 3.31. The van der Waals surface area contributed by atoms with E-state index >= 15 is 0 Å². The van der Waals surface area contributed by atoms with Gasteiger partial charge >= 0.3 is 0 Å². The lowest BCUT2D eigenvalue weighted by Crippen LogP contribution is -2.05. The second-order valence-electron chi connectivity index (χ2n) is 3.62. The van der Waals surface area contributed by atoms with Crippen LogP contribution in [-0.4, -0.2) is 10.8 Å². The minimum Gasteiger partial charge on any atom is -0.364 e. The summed E-state index contributed by atoms with van der Waals surface area (Å²) in [6.45, 7) is 1.75. The Bertz CT molecular complexity index is 592. The molecule has 1 aromatic carbocycles. The molecule has 1 N–H and O–H groups in total. The Morgan fingerprint density at radius 1 is 1.29 bits per heavy atom. The first-order valence-electron chi connectivity index (χ1n) is 4.84. The van der Waals surface area contributed by atoms with Crippen LogP contribution in [0.5, 0.6) is 0 Å². The molecule has 0 fully saturated rings. The molecular weight excluding hydrogens is 248 g/mol. The predicted octanol–water partition coefficient (Wildman–Crippen LogP) is 3.49. The first kappa shape index (κ1) is 11.8. The number of nitrogens with one attached hydrogen (secondary N) is 1. The van der Waals surface area contributed by atoms with Crippen molar-refractivity contribution < 1.29 is 13.6 Å². The van der Waals surface area contributed by atoms with Gasteiger partial charge in [0.25, 0.3) is 0 Å². The van der Waals surface area contributed by atoms with Crippen molar-refractivity contribution in [1.82, 2.24) is 4.98 Å². The van der Waals surface area contributed by atoms with E-state index in [4.69, 9.17) is 11.6 Å². The van der Waals surface area contributed by atoms with Gasteiger partial charge in [-0.2, -0.15) is 0 Å². The molecule has 0 saturated heterocycles. The molecule has 2 aromatic rings. The fourth-order valence-corrected chi connectivity index (χ4v) is 1.76. The molecule has 0 aliphatic rings. The van der Waals surface area contributed by atoms with Crippen LogP contribution in [0, 0.1) is 18.6 Å². The van der Waals surface area contributed by atoms with Crippen LogP contribution in [0.25, 0.3) is 0 Å². The van der Waals surface area contributed by atoms with Gasteiger partial charge in [0, 0.05) is 17.5 Å². The summed E-state index contributed by atoms with van der Waals surface area (Å²) < 4.78 is 26.7. The summed E-state index contributed by atoms with van der Waals surface area (Å²) in [4.78, 5) is 14.7. The van der Waals surface area contributed by atoms with E-state index < -0.39 is 28.0 Å². The molecule has 0 spiro atoms. The molecular formula is C12H8ClF2NO. The molecule has 0 aliphatic carbocycles. The molecule has 0 aliphatic heterocycles. The van der Waals surface area contributed by atoms with Crippen LogP contribution in [0.3, 0.4) is 0 Å². The van der Waals surface area contributed by atoms with Gasteiger partial charge in [0.15, 0.2) is 5.78 Å². The van der Waals surface area contributed by atoms with Crippen LogP contribution in [-0.2, 0) is 0 Å². The molecule has 0 radical (unpaired) electrons. The van der Waals surface area contributed by atoms with E-state index in [9.17, 15) is 13.6 Å². The lowest BCUT2D eigenvalue weighted by molar-refractivity contribution is 0.103. The third kappa shape index (κ3) is 2.08. The highest BCUT2D eigenvalue weighted by Gasteiger charge is 2.21. The van der Waals surface area contributed by atoms with E-state index in [0.29, 0.717) is 0 Å². The number of halogens is 3. The van der Waals surface area contributed by atoms with Crippen molar-refractivity contribution in [3.8, 4) is 0 Å². The number of hydrogen-bond donors (Lipinski definition) is 1. The van der Waals surface area contributed by atoms with Gasteiger partial charge in [-0.1, -0.05) is 11.6 Å². The number of aromatic amines is 1. The second kappa shape index (κ2) is 4.30. The Morgan fingerprint density at radius 2 is 1.94 bits per heavy atom. The van der Waals surface area contributed by atoms with Gasteiger partial charge in [-0.25, -0.2) is 8.78 Å². The van der Waals surface area contributed by atoms with Crippen molar-refractivity contribution in [1.29, 1.82) is 0 Å². The molecule has 1 aromatic heterocycles. The minimum absolute atomic E-state index is 0.244. The maximum absolute atomic E-state index is 13.5. The van der Waals surface area contributed by atoms with Gasteiger partial charge in [-0.3, -0.25) is 4.79 Å². The quantitative estimate of drug-likeness (QED) is 0.647. The molecule has 0 unspecified atom stereocenters. The normalized spacial score (nSPS) is 10.6. The number of aryl methyl sites for hydroxylation is 1. The van der Waals surface area contributed by atoms with Crippen molar-refractivity contribution in [3.63, 3.8) is 0 Å². The number of ketones is 1. The van der Waals surface area contributed by atoms with E-state index in [2.05, 4.69) is 4.98 Å². The average Bonchev–Trinajstić information content (AvgIpc) is 2.71. The van der Waals surface area contributed by atoms with Gasteiger partial charge in [0.05, 0.1) is 10.6 Å². The first-order valence-corrected chi connectivity index (χ1v) is 5.21. The number of aromatic nitrogens is 1. The highest BCUT2D eigenvalue weighted by atomic mass is 35.5. The summed E-state index contributed by atoms with van der Waals surface area (Å²) in [5.74, 6) is -2.29. The Morgan fingerprint density at radius 3 is 2.53 bits per heavy atom. The van der Waals surface area contributed by atoms with Crippen LogP contribution in [0.4, 0.5) is 8.78 Å². The van der Waals surface area contributed by atoms with Gasteiger partial charge in [0.2, 0.25) is 0 Å². The number of H-pyrrole nitrogens is 1. The molecule has 17 heavy (non-hydrogen) atoms. The molecule has 1 heterocycles. The maximum atomic E-state index is 13.5. The van der Waals surface area contributed by atoms with Crippen molar-refractivity contribution in [3.05, 3.63) is 57.9 Å². The van der Waals surface area contributed by atoms with Crippen molar-refractivity contribution in [2.45, 2.75) is 6.92 Å². The Hall–Kier alpha value is -1.68. The number of carbonyl (C=O) groups is 1. The third-order valence-corrected chi connectivity index (χ3v) is 2.73. The summed E-state index contributed by atoms with van der Waals surface area (Å²) >= 11 is 5.60. The number of carbonyl (C=O) groups excluding carboxylic acids is 1. The van der Waals surface area contributed by atoms with Gasteiger partial charge in [0.1, 0.15) is 11.6 Å². The monoisotopic (exact) mass is 255 g/mol. The van der Waals surface area contributed by atoms with E-state index in [-0.39, 0.29) is 5.56 Å². The SMILES string of the molecule is Cc1cc(C(=O)c2c(F)ccc(F)c2Cl)c[nH]1. The van der Waals surface area contributed by atoms with E-state index in [1.165, 1.54) is 6.20 Å². The third-order valence-electron chi connectivity index (χ3n) is 2.36. The molecule has 0 atom stereocenters. The molecule has 0 saturated carbocycles. The summed E-state index contributed by atoms with van der Waals surface area (Å²) in [7, 11) is 0. The number of benzene rings is 1. The summed E-state index contributed by atoms with van der Waals surface area (Å²) in [5.41, 5.74) is 0.556. The number of hydrogen-bond acceptors (Lipinski definition) is 1. The molecule has 2 rings (SSSR count). The predicted molar refractivity (Wildman–Crippen MR) is 60.3 cm³/mol. The first-order chi connectivity index (χ1) is 8.00. The molecule has 88 valence electrons. The largest absolute Gasteiger partial charge is 0.364 e. The van der Waals surface area contributed by atoms with Crippen molar-refractivity contribution >= 4 is 17.4 Å². The van der Waals surface area contributed by atoms with E-state index in [0.717, 1.165) is 17.8 Å². The van der Waals surface area contributed by atoms with Gasteiger partial charge in [-0.05, 0) is 25.1 Å². The zero-order chi connectivity index (χ0) is 12.6. The summed E-state index contributed by atoms with van der Waals surface area (Å²) in [6.07, 6.45) is 1.43. The zero-order valence-corrected chi connectivity index (χ0v) is 9.61. The van der Waals surface area contributed by atoms with E-state index in [1.54, 1.807) is 13.0 Å². The lowest BCUT2D eigenvalue weighted by Gasteiger charge is -2.04. The van der Waals surface area contributed by atoms with E-state index in [1.807, 2.05) is 0 Å². The topological polar surface area (TPSA) is 32.9 Å². The lowest BCUT2D eigenvalue weighted by atomic mass is 10.0. The standard InChI is InChI=1S/C12H8ClF2NO/c1-6-4-7(5-16-6)12(17)10-8(14)2-3-9(15)11(10)13/h2-5,16H,1H3. The molecule has 5 heteroatoms. The van der Waals surface area contributed by atoms with Crippen LogP contribution in [0.15, 0.2) is 24.4 Å². The summed E-state index contributed by atoms with van der Waals surface area (Å²) in [5, 5.41) is -0.492. The molecule has 2 nitrogen and oxygen atoms in total. The minimum atomic E-state index is -0.833. The second-order valence-corrected chi connectivity index (χ2v) is 4.00. The maximum Gasteiger partial charge on any atom is 0.199 e. The van der Waals surface area contributed by atoms with Crippen LogP contribution in [0.2, 0.25) is 5.02 Å². The molecule has 0 bridgehead atoms. The van der Waals surface area contributed by atoms with Gasteiger partial charge < -0.3 is 4.98 Å². The van der Waals surface area contributed by atoms with Gasteiger partial charge in [-0.15, -0.1) is 0 Å².